The number of methoxy groups -OCH3 is 1. The molecule has 1 amide bonds. The zero-order valence-corrected chi connectivity index (χ0v) is 18.8. The Labute approximate surface area is 183 Å². The Balaban J connectivity index is 1.59. The van der Waals surface area contributed by atoms with Crippen LogP contribution in [0, 0.1) is 0 Å². The zero-order valence-electron chi connectivity index (χ0n) is 18.0. The number of benzene rings is 2. The molecule has 4 rings (SSSR count). The molecule has 0 N–H and O–H groups in total. The summed E-state index contributed by atoms with van der Waals surface area (Å²) in [6.45, 7) is 5.73. The number of thioether (sulfide) groups is 1. The summed E-state index contributed by atoms with van der Waals surface area (Å²) in [6.07, 6.45) is 4.12. The van der Waals surface area contributed by atoms with Gasteiger partial charge in [-0.2, -0.15) is 0 Å². The molecule has 0 spiro atoms. The van der Waals surface area contributed by atoms with Crippen molar-refractivity contribution in [2.75, 3.05) is 39.6 Å². The van der Waals surface area contributed by atoms with Gasteiger partial charge in [0.05, 0.1) is 7.11 Å². The van der Waals surface area contributed by atoms with Crippen molar-refractivity contribution in [3.63, 3.8) is 0 Å². The Morgan fingerprint density at radius 3 is 2.47 bits per heavy atom. The lowest BCUT2D eigenvalue weighted by Gasteiger charge is -2.37. The number of ether oxygens (including phenoxy) is 2. The molecular formula is C24H30N2O3S. The Morgan fingerprint density at radius 2 is 1.83 bits per heavy atom. The molecule has 2 aromatic rings. The van der Waals surface area contributed by atoms with Crippen LogP contribution in [0.15, 0.2) is 41.3 Å². The third kappa shape index (κ3) is 4.44. The Morgan fingerprint density at radius 1 is 1.10 bits per heavy atom. The topological polar surface area (TPSA) is 42.0 Å². The third-order valence-electron chi connectivity index (χ3n) is 6.20. The van der Waals surface area contributed by atoms with Gasteiger partial charge in [0, 0.05) is 49.6 Å². The van der Waals surface area contributed by atoms with Gasteiger partial charge >= 0.3 is 0 Å². The van der Waals surface area contributed by atoms with Gasteiger partial charge in [0.25, 0.3) is 0 Å². The summed E-state index contributed by atoms with van der Waals surface area (Å²) in [5.41, 5.74) is 3.50. The normalized spacial score (nSPS) is 17.8. The second kappa shape index (κ2) is 9.31. The average molecular weight is 427 g/mol. The smallest absolute Gasteiger partial charge is 0.219 e. The number of hydrogen-bond donors (Lipinski definition) is 0. The van der Waals surface area contributed by atoms with Gasteiger partial charge in [-0.25, -0.2) is 0 Å². The molecule has 0 saturated carbocycles. The number of likely N-dealkylation sites (tertiary alicyclic amines) is 1. The van der Waals surface area contributed by atoms with Gasteiger partial charge in [-0.05, 0) is 54.5 Å². The van der Waals surface area contributed by atoms with E-state index in [-0.39, 0.29) is 5.91 Å². The molecule has 1 saturated heterocycles. The Bertz CT molecular complexity index is 892. The zero-order chi connectivity index (χ0) is 21.1. The number of hydrogen-bond acceptors (Lipinski definition) is 5. The maximum Gasteiger partial charge on any atom is 0.219 e. The van der Waals surface area contributed by atoms with Crippen molar-refractivity contribution in [3.8, 4) is 22.6 Å². The summed E-state index contributed by atoms with van der Waals surface area (Å²) in [6, 6.07) is 13.4. The summed E-state index contributed by atoms with van der Waals surface area (Å²) in [4.78, 5) is 17.4. The molecular weight excluding hydrogens is 396 g/mol. The molecule has 2 heterocycles. The lowest BCUT2D eigenvalue weighted by molar-refractivity contribution is -0.130. The summed E-state index contributed by atoms with van der Waals surface area (Å²) in [5.74, 6) is 1.84. The molecule has 0 aliphatic carbocycles. The fourth-order valence-electron chi connectivity index (χ4n) is 4.46. The van der Waals surface area contributed by atoms with Crippen LogP contribution in [0.5, 0.6) is 11.5 Å². The number of carbonyl (C=O) groups excluding carboxylic acids is 1. The number of rotatable bonds is 4. The van der Waals surface area contributed by atoms with Gasteiger partial charge in [-0.15, -0.1) is 11.8 Å². The fourth-order valence-corrected chi connectivity index (χ4v) is 4.87. The van der Waals surface area contributed by atoms with Crippen LogP contribution in [0.4, 0.5) is 0 Å². The first-order valence-corrected chi connectivity index (χ1v) is 11.8. The van der Waals surface area contributed by atoms with Gasteiger partial charge < -0.3 is 14.4 Å². The second-order valence-corrected chi connectivity index (χ2v) is 8.83. The highest BCUT2D eigenvalue weighted by molar-refractivity contribution is 7.98. The van der Waals surface area contributed by atoms with Gasteiger partial charge in [-0.3, -0.25) is 9.69 Å². The molecule has 1 fully saturated rings. The summed E-state index contributed by atoms with van der Waals surface area (Å²) in [7, 11) is 1.71. The molecule has 5 nitrogen and oxygen atoms in total. The first-order valence-electron chi connectivity index (χ1n) is 10.6. The molecule has 0 unspecified atom stereocenters. The van der Waals surface area contributed by atoms with Crippen molar-refractivity contribution in [1.82, 2.24) is 9.80 Å². The molecule has 2 aliphatic rings. The van der Waals surface area contributed by atoms with Crippen LogP contribution in [0.25, 0.3) is 11.1 Å². The largest absolute Gasteiger partial charge is 0.493 e. The van der Waals surface area contributed by atoms with E-state index in [0.29, 0.717) is 12.6 Å². The van der Waals surface area contributed by atoms with Gasteiger partial charge in [0.1, 0.15) is 6.61 Å². The minimum Gasteiger partial charge on any atom is -0.493 e. The quantitative estimate of drug-likeness (QED) is 0.683. The average Bonchev–Trinajstić information content (AvgIpc) is 3.01. The standard InChI is InChI=1S/C24H30N2O3S/c1-17(27)25-10-8-21(9-11-25)26-12-13-29-24-20(16-26)14-19(15-23(24)28-2)18-4-6-22(30-3)7-5-18/h4-7,14-15,21H,8-13,16H2,1-3H3. The van der Waals surface area contributed by atoms with E-state index in [2.05, 4.69) is 47.6 Å². The predicted octanol–water partition coefficient (Wildman–Crippen LogP) is 4.29. The third-order valence-corrected chi connectivity index (χ3v) is 6.94. The number of fused-ring (bicyclic) bond motifs is 1. The van der Waals surface area contributed by atoms with Crippen LogP contribution >= 0.6 is 11.8 Å². The van der Waals surface area contributed by atoms with Crippen molar-refractivity contribution in [2.45, 2.75) is 37.2 Å². The van der Waals surface area contributed by atoms with Crippen molar-refractivity contribution in [3.05, 3.63) is 42.0 Å². The molecule has 0 bridgehead atoms. The molecule has 6 heteroatoms. The minimum atomic E-state index is 0.180. The monoisotopic (exact) mass is 426 g/mol. The maximum absolute atomic E-state index is 11.7. The van der Waals surface area contributed by atoms with E-state index in [1.54, 1.807) is 25.8 Å². The number of nitrogens with zero attached hydrogens (tertiary/aromatic N) is 2. The number of amides is 1. The molecule has 0 aromatic heterocycles. The van der Waals surface area contributed by atoms with Gasteiger partial charge in [-0.1, -0.05) is 12.1 Å². The Hall–Kier alpha value is -2.18. The summed E-state index contributed by atoms with van der Waals surface area (Å²) in [5, 5.41) is 0. The van der Waals surface area contributed by atoms with E-state index in [0.717, 1.165) is 56.1 Å². The van der Waals surface area contributed by atoms with E-state index in [9.17, 15) is 4.79 Å². The highest BCUT2D eigenvalue weighted by Gasteiger charge is 2.29. The highest BCUT2D eigenvalue weighted by atomic mass is 32.2. The van der Waals surface area contributed by atoms with Crippen LogP contribution in [-0.2, 0) is 11.3 Å². The van der Waals surface area contributed by atoms with Crippen LogP contribution in [-0.4, -0.2) is 61.4 Å². The van der Waals surface area contributed by atoms with Crippen LogP contribution in [0.1, 0.15) is 25.3 Å². The second-order valence-electron chi connectivity index (χ2n) is 7.95. The van der Waals surface area contributed by atoms with E-state index in [1.807, 2.05) is 4.90 Å². The molecule has 0 radical (unpaired) electrons. The first kappa shape index (κ1) is 21.1. The SMILES string of the molecule is COc1cc(-c2ccc(SC)cc2)cc2c1OCCN(C1CCN(C(C)=O)CC1)C2. The Kier molecular flexibility index (Phi) is 6.54. The van der Waals surface area contributed by atoms with Crippen LogP contribution in [0.3, 0.4) is 0 Å². The molecule has 160 valence electrons. The van der Waals surface area contributed by atoms with Crippen LogP contribution in [0.2, 0.25) is 0 Å². The van der Waals surface area contributed by atoms with Crippen molar-refractivity contribution < 1.29 is 14.3 Å². The van der Waals surface area contributed by atoms with E-state index >= 15 is 0 Å². The van der Waals surface area contributed by atoms with Crippen molar-refractivity contribution >= 4 is 17.7 Å². The van der Waals surface area contributed by atoms with Crippen molar-refractivity contribution in [2.24, 2.45) is 0 Å². The summed E-state index contributed by atoms with van der Waals surface area (Å²) < 4.78 is 11.8. The lowest BCUT2D eigenvalue weighted by atomic mass is 9.99. The molecule has 0 atom stereocenters. The molecule has 30 heavy (non-hydrogen) atoms. The first-order chi connectivity index (χ1) is 14.6. The van der Waals surface area contributed by atoms with E-state index in [1.165, 1.54) is 16.0 Å². The fraction of sp³-hybridized carbons (Fsp3) is 0.458. The van der Waals surface area contributed by atoms with E-state index in [4.69, 9.17) is 9.47 Å². The van der Waals surface area contributed by atoms with Gasteiger partial charge in [0.15, 0.2) is 11.5 Å². The maximum atomic E-state index is 11.7. The van der Waals surface area contributed by atoms with E-state index < -0.39 is 0 Å². The number of piperidine rings is 1. The van der Waals surface area contributed by atoms with Gasteiger partial charge in [0.2, 0.25) is 5.91 Å². The molecule has 2 aromatic carbocycles. The molecule has 2 aliphatic heterocycles. The summed E-state index contributed by atoms with van der Waals surface area (Å²) >= 11 is 1.75. The number of carbonyl (C=O) groups is 1. The van der Waals surface area contributed by atoms with Crippen LogP contribution < -0.4 is 9.47 Å². The van der Waals surface area contributed by atoms with Crippen molar-refractivity contribution in [1.29, 1.82) is 0 Å². The predicted molar refractivity (Wildman–Crippen MR) is 121 cm³/mol. The lowest BCUT2D eigenvalue weighted by Crippen LogP contribution is -2.46. The minimum absolute atomic E-state index is 0.180. The highest BCUT2D eigenvalue weighted by Crippen LogP contribution is 2.39.